The molecule has 1 fully saturated rings. The molecule has 0 spiro atoms. The van der Waals surface area contributed by atoms with Gasteiger partial charge in [-0.25, -0.2) is 8.42 Å². The van der Waals surface area contributed by atoms with Gasteiger partial charge in [-0.15, -0.1) is 0 Å². The van der Waals surface area contributed by atoms with Crippen molar-refractivity contribution in [3.8, 4) is 0 Å². The van der Waals surface area contributed by atoms with Crippen LogP contribution in [0.4, 0.5) is 0 Å². The van der Waals surface area contributed by atoms with E-state index in [-0.39, 0.29) is 11.9 Å². The van der Waals surface area contributed by atoms with Crippen molar-refractivity contribution in [2.45, 2.75) is 58.4 Å². The fourth-order valence-corrected chi connectivity index (χ4v) is 4.84. The first-order valence-corrected chi connectivity index (χ1v) is 11.6. The van der Waals surface area contributed by atoms with Crippen molar-refractivity contribution in [2.75, 3.05) is 32.7 Å². The van der Waals surface area contributed by atoms with Crippen molar-refractivity contribution in [3.63, 3.8) is 0 Å². The van der Waals surface area contributed by atoms with Crippen molar-refractivity contribution < 1.29 is 13.2 Å². The van der Waals surface area contributed by atoms with Gasteiger partial charge in [0.15, 0.2) is 0 Å². The van der Waals surface area contributed by atoms with Gasteiger partial charge in [-0.2, -0.15) is 4.31 Å². The molecule has 28 heavy (non-hydrogen) atoms. The lowest BCUT2D eigenvalue weighted by molar-refractivity contribution is -0.123. The molecule has 1 saturated heterocycles. The molecular formula is C21H35N3O3S. The number of carbonyl (C=O) groups excluding carboxylic acids is 1. The summed E-state index contributed by atoms with van der Waals surface area (Å²) in [5, 5.41) is 3.05. The molecule has 6 nitrogen and oxygen atoms in total. The maximum atomic E-state index is 12.9. The minimum absolute atomic E-state index is 0.0155. The van der Waals surface area contributed by atoms with Crippen LogP contribution in [-0.2, 0) is 14.8 Å². The van der Waals surface area contributed by atoms with Crippen LogP contribution >= 0.6 is 0 Å². The van der Waals surface area contributed by atoms with Crippen LogP contribution in [0.3, 0.4) is 0 Å². The van der Waals surface area contributed by atoms with E-state index in [0.717, 1.165) is 24.0 Å². The Morgan fingerprint density at radius 2 is 1.68 bits per heavy atom. The highest BCUT2D eigenvalue weighted by Crippen LogP contribution is 2.20. The number of amides is 1. The quantitative estimate of drug-likeness (QED) is 0.716. The lowest BCUT2D eigenvalue weighted by Crippen LogP contribution is -2.51. The standard InChI is InChI=1S/C21H35N3O3S/c1-16(2)6-8-19(5)22-21(25)15-23-10-12-24(13-11-23)28(26,27)20-9-7-17(3)18(4)14-20/h7,9,14,16,19H,6,8,10-13,15H2,1-5H3,(H,22,25)/t19-/m0/s1. The van der Waals surface area contributed by atoms with Crippen molar-refractivity contribution >= 4 is 15.9 Å². The Balaban J connectivity index is 1.85. The van der Waals surface area contributed by atoms with Crippen molar-refractivity contribution in [2.24, 2.45) is 5.92 Å². The number of benzene rings is 1. The average Bonchev–Trinajstić information content (AvgIpc) is 2.62. The summed E-state index contributed by atoms with van der Waals surface area (Å²) in [5.74, 6) is 0.647. The molecule has 0 unspecified atom stereocenters. The van der Waals surface area contributed by atoms with Gasteiger partial charge < -0.3 is 5.32 Å². The smallest absolute Gasteiger partial charge is 0.243 e. The molecule has 1 aliphatic rings. The Hall–Kier alpha value is -1.44. The predicted octanol–water partition coefficient (Wildman–Crippen LogP) is 2.55. The van der Waals surface area contributed by atoms with Crippen LogP contribution in [0, 0.1) is 19.8 Å². The predicted molar refractivity (Wildman–Crippen MR) is 113 cm³/mol. The molecule has 0 aliphatic carbocycles. The molecule has 1 heterocycles. The second kappa shape index (κ2) is 9.85. The van der Waals surface area contributed by atoms with E-state index in [1.165, 1.54) is 4.31 Å². The van der Waals surface area contributed by atoms with Crippen LogP contribution in [-0.4, -0.2) is 62.3 Å². The van der Waals surface area contributed by atoms with Gasteiger partial charge in [0.25, 0.3) is 0 Å². The Morgan fingerprint density at radius 1 is 1.04 bits per heavy atom. The Morgan fingerprint density at radius 3 is 2.25 bits per heavy atom. The molecule has 1 atom stereocenters. The maximum absolute atomic E-state index is 12.9. The second-order valence-corrected chi connectivity index (χ2v) is 10.3. The van der Waals surface area contributed by atoms with Gasteiger partial charge in [0.1, 0.15) is 0 Å². The molecule has 7 heteroatoms. The lowest BCUT2D eigenvalue weighted by Gasteiger charge is -2.33. The summed E-state index contributed by atoms with van der Waals surface area (Å²) in [5.41, 5.74) is 2.06. The zero-order valence-electron chi connectivity index (χ0n) is 17.9. The highest BCUT2D eigenvalue weighted by molar-refractivity contribution is 7.89. The largest absolute Gasteiger partial charge is 0.353 e. The van der Waals surface area contributed by atoms with Crippen LogP contribution in [0.5, 0.6) is 0 Å². The van der Waals surface area contributed by atoms with Crippen LogP contribution < -0.4 is 5.32 Å². The SMILES string of the molecule is Cc1ccc(S(=O)(=O)N2CCN(CC(=O)N[C@@H](C)CCC(C)C)CC2)cc1C. The summed E-state index contributed by atoms with van der Waals surface area (Å²) in [6.07, 6.45) is 2.07. The number of piperazine rings is 1. The van der Waals surface area contributed by atoms with E-state index in [4.69, 9.17) is 0 Å². The minimum Gasteiger partial charge on any atom is -0.353 e. The third kappa shape index (κ3) is 6.29. The van der Waals surface area contributed by atoms with Crippen molar-refractivity contribution in [1.82, 2.24) is 14.5 Å². The Bertz CT molecular complexity index is 769. The molecule has 2 rings (SSSR count). The van der Waals surface area contributed by atoms with E-state index >= 15 is 0 Å². The molecule has 1 amide bonds. The first-order chi connectivity index (χ1) is 13.1. The van der Waals surface area contributed by atoms with Gasteiger partial charge in [-0.1, -0.05) is 19.9 Å². The summed E-state index contributed by atoms with van der Waals surface area (Å²) in [7, 11) is -3.48. The topological polar surface area (TPSA) is 69.7 Å². The number of nitrogens with zero attached hydrogens (tertiary/aromatic N) is 2. The molecule has 0 saturated carbocycles. The van der Waals surface area contributed by atoms with E-state index < -0.39 is 10.0 Å². The molecule has 0 radical (unpaired) electrons. The van der Waals surface area contributed by atoms with Gasteiger partial charge in [-0.05, 0) is 62.8 Å². The minimum atomic E-state index is -3.48. The molecule has 0 aromatic heterocycles. The number of carbonyl (C=O) groups is 1. The fraction of sp³-hybridized carbons (Fsp3) is 0.667. The van der Waals surface area contributed by atoms with Crippen molar-refractivity contribution in [1.29, 1.82) is 0 Å². The first kappa shape index (κ1) is 22.8. The fourth-order valence-electron chi connectivity index (χ4n) is 3.33. The van der Waals surface area contributed by atoms with Crippen LogP contribution in [0.2, 0.25) is 0 Å². The summed E-state index contributed by atoms with van der Waals surface area (Å²) in [6.45, 7) is 12.6. The van der Waals surface area contributed by atoms with Gasteiger partial charge in [0.05, 0.1) is 11.4 Å². The molecule has 158 valence electrons. The Kier molecular flexibility index (Phi) is 8.04. The zero-order valence-corrected chi connectivity index (χ0v) is 18.7. The zero-order chi connectivity index (χ0) is 20.9. The highest BCUT2D eigenvalue weighted by Gasteiger charge is 2.29. The number of sulfonamides is 1. The number of nitrogens with one attached hydrogen (secondary N) is 1. The maximum Gasteiger partial charge on any atom is 0.243 e. The molecular weight excluding hydrogens is 374 g/mol. The van der Waals surface area contributed by atoms with Gasteiger partial charge in [0.2, 0.25) is 15.9 Å². The normalized spacial score (nSPS) is 17.6. The third-order valence-corrected chi connectivity index (χ3v) is 7.29. The molecule has 1 aromatic rings. The molecule has 0 bridgehead atoms. The second-order valence-electron chi connectivity index (χ2n) is 8.37. The lowest BCUT2D eigenvalue weighted by atomic mass is 10.0. The number of rotatable bonds is 8. The van der Waals surface area contributed by atoms with Crippen molar-refractivity contribution in [3.05, 3.63) is 29.3 Å². The van der Waals surface area contributed by atoms with E-state index in [1.54, 1.807) is 12.1 Å². The van der Waals surface area contributed by atoms with E-state index in [2.05, 4.69) is 19.2 Å². The van der Waals surface area contributed by atoms with Crippen LogP contribution in [0.25, 0.3) is 0 Å². The summed E-state index contributed by atoms with van der Waals surface area (Å²) in [4.78, 5) is 14.6. The first-order valence-electron chi connectivity index (χ1n) is 10.2. The third-order valence-electron chi connectivity index (χ3n) is 5.40. The summed E-state index contributed by atoms with van der Waals surface area (Å²) < 4.78 is 27.3. The molecule has 1 N–H and O–H groups in total. The van der Waals surface area contributed by atoms with Gasteiger partial charge >= 0.3 is 0 Å². The van der Waals surface area contributed by atoms with Gasteiger partial charge in [-0.3, -0.25) is 9.69 Å². The van der Waals surface area contributed by atoms with Crippen LogP contribution in [0.15, 0.2) is 23.1 Å². The number of aryl methyl sites for hydroxylation is 2. The van der Waals surface area contributed by atoms with E-state index in [1.807, 2.05) is 31.7 Å². The monoisotopic (exact) mass is 409 g/mol. The van der Waals surface area contributed by atoms with Crippen LogP contribution in [0.1, 0.15) is 44.7 Å². The Labute approximate surface area is 170 Å². The highest BCUT2D eigenvalue weighted by atomic mass is 32.2. The number of hydrogen-bond donors (Lipinski definition) is 1. The average molecular weight is 410 g/mol. The molecule has 1 aliphatic heterocycles. The summed E-state index contributed by atoms with van der Waals surface area (Å²) >= 11 is 0. The molecule has 1 aromatic carbocycles. The van der Waals surface area contributed by atoms with E-state index in [0.29, 0.717) is 43.5 Å². The van der Waals surface area contributed by atoms with E-state index in [9.17, 15) is 13.2 Å². The summed E-state index contributed by atoms with van der Waals surface area (Å²) in [6, 6.07) is 5.43. The van der Waals surface area contributed by atoms with Gasteiger partial charge in [0, 0.05) is 32.2 Å². The number of hydrogen-bond acceptors (Lipinski definition) is 4.